The summed E-state index contributed by atoms with van der Waals surface area (Å²) in [6.07, 6.45) is 5.42. The fourth-order valence-electron chi connectivity index (χ4n) is 3.09. The van der Waals surface area contributed by atoms with Gasteiger partial charge in [0.25, 0.3) is 0 Å². The number of benzene rings is 1. The van der Waals surface area contributed by atoms with E-state index in [0.717, 1.165) is 41.7 Å². The largest absolute Gasteiger partial charge is 0.368 e. The SMILES string of the molecule is CC(=O)N(C)c1ccc(Nc2nc(N)n(C(=O)NC3CCCCC3)n2)cc1. The molecule has 1 fully saturated rings. The smallest absolute Gasteiger partial charge is 0.345 e. The van der Waals surface area contributed by atoms with Crippen LogP contribution in [-0.4, -0.2) is 39.8 Å². The Morgan fingerprint density at radius 3 is 2.48 bits per heavy atom. The third-order valence-electron chi connectivity index (χ3n) is 4.74. The second-order valence-corrected chi connectivity index (χ2v) is 6.74. The Labute approximate surface area is 157 Å². The molecular weight excluding hydrogens is 346 g/mol. The summed E-state index contributed by atoms with van der Waals surface area (Å²) in [7, 11) is 1.71. The van der Waals surface area contributed by atoms with Crippen molar-refractivity contribution in [2.24, 2.45) is 0 Å². The highest BCUT2D eigenvalue weighted by Gasteiger charge is 2.20. The molecule has 1 aliphatic rings. The molecule has 1 aromatic heterocycles. The lowest BCUT2D eigenvalue weighted by molar-refractivity contribution is -0.116. The predicted octanol–water partition coefficient (Wildman–Crippen LogP) is 2.48. The van der Waals surface area contributed by atoms with Gasteiger partial charge >= 0.3 is 6.03 Å². The Morgan fingerprint density at radius 2 is 1.85 bits per heavy atom. The van der Waals surface area contributed by atoms with Crippen LogP contribution < -0.4 is 21.3 Å². The van der Waals surface area contributed by atoms with Crippen LogP contribution in [0.25, 0.3) is 0 Å². The van der Waals surface area contributed by atoms with Gasteiger partial charge in [0.1, 0.15) is 0 Å². The highest BCUT2D eigenvalue weighted by Crippen LogP contribution is 2.20. The van der Waals surface area contributed by atoms with Crippen LogP contribution in [0.15, 0.2) is 24.3 Å². The summed E-state index contributed by atoms with van der Waals surface area (Å²) in [4.78, 5) is 29.4. The first kappa shape index (κ1) is 18.7. The van der Waals surface area contributed by atoms with Crippen LogP contribution >= 0.6 is 0 Å². The number of aromatic nitrogens is 3. The molecule has 4 N–H and O–H groups in total. The van der Waals surface area contributed by atoms with E-state index in [1.165, 1.54) is 13.3 Å². The first-order valence-corrected chi connectivity index (χ1v) is 9.09. The third-order valence-corrected chi connectivity index (χ3v) is 4.74. The molecule has 0 saturated heterocycles. The standard InChI is InChI=1S/C18H25N7O2/c1-12(26)24(2)15-10-8-14(9-11-15)20-17-22-16(19)25(23-17)18(27)21-13-6-4-3-5-7-13/h8-11,13H,3-7H2,1-2H3,(H,21,27)(H3,19,20,22,23). The molecule has 1 saturated carbocycles. The molecule has 9 nitrogen and oxygen atoms in total. The molecule has 144 valence electrons. The number of nitrogens with two attached hydrogens (primary N) is 1. The second-order valence-electron chi connectivity index (χ2n) is 6.74. The number of carbonyl (C=O) groups is 2. The number of nitrogen functional groups attached to an aromatic ring is 1. The number of hydrogen-bond donors (Lipinski definition) is 3. The maximum Gasteiger partial charge on any atom is 0.345 e. The molecule has 0 atom stereocenters. The summed E-state index contributed by atoms with van der Waals surface area (Å²) in [6, 6.07) is 7.01. The fraction of sp³-hybridized carbons (Fsp3) is 0.444. The van der Waals surface area contributed by atoms with Crippen molar-refractivity contribution in [2.75, 3.05) is 23.0 Å². The monoisotopic (exact) mass is 371 g/mol. The average molecular weight is 371 g/mol. The number of anilines is 4. The molecule has 0 spiro atoms. The summed E-state index contributed by atoms with van der Waals surface area (Å²) in [6.45, 7) is 1.50. The van der Waals surface area contributed by atoms with Gasteiger partial charge in [0.2, 0.25) is 17.8 Å². The molecule has 1 aliphatic carbocycles. The summed E-state index contributed by atoms with van der Waals surface area (Å²) < 4.78 is 1.08. The normalized spacial score (nSPS) is 14.6. The molecule has 0 aliphatic heterocycles. The van der Waals surface area contributed by atoms with Gasteiger partial charge in [-0.25, -0.2) is 4.79 Å². The van der Waals surface area contributed by atoms with Crippen molar-refractivity contribution >= 4 is 35.2 Å². The van der Waals surface area contributed by atoms with Crippen LogP contribution in [0.2, 0.25) is 0 Å². The molecule has 2 aromatic rings. The van der Waals surface area contributed by atoms with Crippen molar-refractivity contribution in [3.63, 3.8) is 0 Å². The minimum Gasteiger partial charge on any atom is -0.368 e. The number of hydrogen-bond acceptors (Lipinski definition) is 6. The van der Waals surface area contributed by atoms with E-state index < -0.39 is 0 Å². The van der Waals surface area contributed by atoms with Gasteiger partial charge in [-0.3, -0.25) is 4.79 Å². The van der Waals surface area contributed by atoms with E-state index in [9.17, 15) is 9.59 Å². The zero-order valence-electron chi connectivity index (χ0n) is 15.6. The maximum absolute atomic E-state index is 12.4. The molecule has 9 heteroatoms. The van der Waals surface area contributed by atoms with Crippen molar-refractivity contribution in [1.82, 2.24) is 20.1 Å². The number of carbonyl (C=O) groups excluding carboxylic acids is 2. The molecule has 1 heterocycles. The minimum absolute atomic E-state index is 0.0266. The summed E-state index contributed by atoms with van der Waals surface area (Å²) in [5, 5.41) is 10.1. The zero-order valence-corrected chi connectivity index (χ0v) is 15.6. The van der Waals surface area contributed by atoms with Gasteiger partial charge in [0.05, 0.1) is 0 Å². The van der Waals surface area contributed by atoms with Crippen LogP contribution in [0.3, 0.4) is 0 Å². The third kappa shape index (κ3) is 4.55. The fourth-order valence-corrected chi connectivity index (χ4v) is 3.09. The van der Waals surface area contributed by atoms with Gasteiger partial charge < -0.3 is 21.3 Å². The van der Waals surface area contributed by atoms with E-state index in [2.05, 4.69) is 20.7 Å². The molecule has 3 rings (SSSR count). The van der Waals surface area contributed by atoms with Gasteiger partial charge in [-0.1, -0.05) is 19.3 Å². The van der Waals surface area contributed by atoms with Crippen LogP contribution in [0.5, 0.6) is 0 Å². The Hall–Kier alpha value is -3.10. The average Bonchev–Trinajstić information content (AvgIpc) is 3.03. The highest BCUT2D eigenvalue weighted by molar-refractivity contribution is 5.91. The van der Waals surface area contributed by atoms with Crippen molar-refractivity contribution in [3.8, 4) is 0 Å². The van der Waals surface area contributed by atoms with Crippen LogP contribution in [0.1, 0.15) is 39.0 Å². The van der Waals surface area contributed by atoms with Crippen molar-refractivity contribution in [1.29, 1.82) is 0 Å². The second kappa shape index (κ2) is 8.07. The number of amides is 2. The van der Waals surface area contributed by atoms with Gasteiger partial charge in [-0.05, 0) is 37.1 Å². The first-order chi connectivity index (χ1) is 12.9. The maximum atomic E-state index is 12.4. The minimum atomic E-state index is -0.363. The van der Waals surface area contributed by atoms with E-state index in [1.54, 1.807) is 36.2 Å². The van der Waals surface area contributed by atoms with Gasteiger partial charge in [-0.2, -0.15) is 4.98 Å². The Bertz CT molecular complexity index is 810. The molecular formula is C18H25N7O2. The zero-order chi connectivity index (χ0) is 19.4. The topological polar surface area (TPSA) is 118 Å². The van der Waals surface area contributed by atoms with Crippen LogP contribution in [0, 0.1) is 0 Å². The van der Waals surface area contributed by atoms with E-state index in [4.69, 9.17) is 5.73 Å². The van der Waals surface area contributed by atoms with Gasteiger partial charge in [0.15, 0.2) is 0 Å². The van der Waals surface area contributed by atoms with E-state index in [0.29, 0.717) is 0 Å². The molecule has 0 bridgehead atoms. The van der Waals surface area contributed by atoms with Crippen molar-refractivity contribution in [2.45, 2.75) is 45.1 Å². The van der Waals surface area contributed by atoms with Crippen LogP contribution in [-0.2, 0) is 4.79 Å². The number of rotatable bonds is 4. The molecule has 0 unspecified atom stereocenters. The lowest BCUT2D eigenvalue weighted by atomic mass is 9.96. The quantitative estimate of drug-likeness (QED) is 0.760. The molecule has 0 radical (unpaired) electrons. The Morgan fingerprint density at radius 1 is 1.19 bits per heavy atom. The van der Waals surface area contributed by atoms with Gasteiger partial charge in [-0.15, -0.1) is 9.78 Å². The summed E-state index contributed by atoms with van der Waals surface area (Å²) in [5.74, 6) is 0.213. The molecule has 1 aromatic carbocycles. The number of nitrogens with zero attached hydrogens (tertiary/aromatic N) is 4. The molecule has 27 heavy (non-hydrogen) atoms. The van der Waals surface area contributed by atoms with E-state index in [1.807, 2.05) is 0 Å². The van der Waals surface area contributed by atoms with Crippen LogP contribution in [0.4, 0.5) is 28.1 Å². The summed E-state index contributed by atoms with van der Waals surface area (Å²) in [5.41, 5.74) is 7.34. The highest BCUT2D eigenvalue weighted by atomic mass is 16.2. The van der Waals surface area contributed by atoms with E-state index >= 15 is 0 Å². The lowest BCUT2D eigenvalue weighted by Crippen LogP contribution is -2.39. The number of nitrogens with one attached hydrogen (secondary N) is 2. The Kier molecular flexibility index (Phi) is 5.58. The van der Waals surface area contributed by atoms with Crippen molar-refractivity contribution in [3.05, 3.63) is 24.3 Å². The molecule has 2 amide bonds. The predicted molar refractivity (Wildman–Crippen MR) is 104 cm³/mol. The van der Waals surface area contributed by atoms with Crippen molar-refractivity contribution < 1.29 is 9.59 Å². The lowest BCUT2D eigenvalue weighted by Gasteiger charge is -2.22. The first-order valence-electron chi connectivity index (χ1n) is 9.09. The Balaban J connectivity index is 1.65. The van der Waals surface area contributed by atoms with E-state index in [-0.39, 0.29) is 29.9 Å². The summed E-state index contributed by atoms with van der Waals surface area (Å²) >= 11 is 0. The van der Waals surface area contributed by atoms with Gasteiger partial charge in [0, 0.05) is 31.4 Å².